The van der Waals surface area contributed by atoms with E-state index in [9.17, 15) is 22.8 Å². The van der Waals surface area contributed by atoms with Crippen LogP contribution in [-0.2, 0) is 11.3 Å². The molecule has 2 rings (SSSR count). The van der Waals surface area contributed by atoms with Gasteiger partial charge in [0.2, 0.25) is 5.91 Å². The minimum Gasteiger partial charge on any atom is -0.405 e. The number of nitrogens with zero attached hydrogens (tertiary/aromatic N) is 1. The van der Waals surface area contributed by atoms with E-state index in [1.807, 2.05) is 0 Å². The summed E-state index contributed by atoms with van der Waals surface area (Å²) in [6.45, 7) is 1.65. The smallest absolute Gasteiger partial charge is 0.405 e. The molecule has 1 atom stereocenters. The van der Waals surface area contributed by atoms with E-state index in [0.29, 0.717) is 5.00 Å². The predicted molar refractivity (Wildman–Crippen MR) is 95.5 cm³/mol. The first-order chi connectivity index (χ1) is 12.6. The predicted octanol–water partition coefficient (Wildman–Crippen LogP) is 3.20. The van der Waals surface area contributed by atoms with Crippen LogP contribution in [0.5, 0.6) is 5.75 Å². The van der Waals surface area contributed by atoms with Gasteiger partial charge < -0.3 is 15.8 Å². The van der Waals surface area contributed by atoms with Crippen LogP contribution < -0.4 is 15.8 Å². The van der Waals surface area contributed by atoms with Gasteiger partial charge >= 0.3 is 6.36 Å². The highest BCUT2D eigenvalue weighted by Gasteiger charge is 2.32. The molecule has 0 fully saturated rings. The fourth-order valence-electron chi connectivity index (χ4n) is 2.28. The van der Waals surface area contributed by atoms with Crippen molar-refractivity contribution in [3.05, 3.63) is 46.8 Å². The lowest BCUT2D eigenvalue weighted by Crippen LogP contribution is -2.39. The molecule has 0 aliphatic heterocycles. The average Bonchev–Trinajstić information content (AvgIpc) is 3.02. The van der Waals surface area contributed by atoms with Crippen molar-refractivity contribution in [2.75, 3.05) is 12.4 Å². The molecule has 0 saturated carbocycles. The van der Waals surface area contributed by atoms with Gasteiger partial charge in [-0.2, -0.15) is 0 Å². The summed E-state index contributed by atoms with van der Waals surface area (Å²) in [4.78, 5) is 25.3. The third-order valence-electron chi connectivity index (χ3n) is 3.83. The van der Waals surface area contributed by atoms with Crippen molar-refractivity contribution in [1.82, 2.24) is 4.90 Å². The molecule has 3 N–H and O–H groups in total. The molecule has 0 bridgehead atoms. The molecule has 27 heavy (non-hydrogen) atoms. The summed E-state index contributed by atoms with van der Waals surface area (Å²) in [6, 6.07) is 6.54. The number of rotatable bonds is 7. The zero-order chi connectivity index (χ0) is 20.2. The first kappa shape index (κ1) is 20.7. The van der Waals surface area contributed by atoms with Crippen LogP contribution in [0.1, 0.15) is 22.8 Å². The molecular formula is C17H18F3N3O3S. The molecular weight excluding hydrogens is 383 g/mol. The number of ether oxygens (including phenoxy) is 1. The molecule has 0 aliphatic carbocycles. The van der Waals surface area contributed by atoms with Gasteiger partial charge in [0.05, 0.1) is 11.6 Å². The maximum atomic E-state index is 12.5. The van der Waals surface area contributed by atoms with Crippen molar-refractivity contribution in [2.24, 2.45) is 5.73 Å². The SMILES string of the molecule is CC(C(=O)Nc1sccc1C(N)=O)N(C)Cc1ccccc1OC(F)(F)F. The van der Waals surface area contributed by atoms with E-state index in [1.165, 1.54) is 24.3 Å². The first-order valence-corrected chi connectivity index (χ1v) is 8.68. The molecule has 0 aliphatic rings. The summed E-state index contributed by atoms with van der Waals surface area (Å²) < 4.78 is 41.6. The minimum absolute atomic E-state index is 0.0496. The van der Waals surface area contributed by atoms with E-state index in [4.69, 9.17) is 5.73 Å². The van der Waals surface area contributed by atoms with Crippen LogP contribution in [0.4, 0.5) is 18.2 Å². The second-order valence-corrected chi connectivity index (χ2v) is 6.68. The zero-order valence-corrected chi connectivity index (χ0v) is 15.4. The van der Waals surface area contributed by atoms with Gasteiger partial charge in [-0.25, -0.2) is 0 Å². The quantitative estimate of drug-likeness (QED) is 0.746. The second kappa shape index (κ2) is 8.40. The van der Waals surface area contributed by atoms with Crippen LogP contribution >= 0.6 is 11.3 Å². The summed E-state index contributed by atoms with van der Waals surface area (Å²) in [5.41, 5.74) is 5.72. The molecule has 10 heteroatoms. The Morgan fingerprint density at radius 2 is 1.96 bits per heavy atom. The number of nitrogens with one attached hydrogen (secondary N) is 1. The Morgan fingerprint density at radius 1 is 1.30 bits per heavy atom. The van der Waals surface area contributed by atoms with E-state index in [2.05, 4.69) is 10.1 Å². The van der Waals surface area contributed by atoms with Gasteiger partial charge in [-0.1, -0.05) is 18.2 Å². The fraction of sp³-hybridized carbons (Fsp3) is 0.294. The van der Waals surface area contributed by atoms with Crippen molar-refractivity contribution in [2.45, 2.75) is 25.9 Å². The number of thiophene rings is 1. The number of alkyl halides is 3. The topological polar surface area (TPSA) is 84.7 Å². The number of hydrogen-bond acceptors (Lipinski definition) is 5. The molecule has 2 amide bonds. The highest BCUT2D eigenvalue weighted by Crippen LogP contribution is 2.27. The third kappa shape index (κ3) is 5.69. The fourth-order valence-corrected chi connectivity index (χ4v) is 3.08. The van der Waals surface area contributed by atoms with Crippen LogP contribution in [0.2, 0.25) is 0 Å². The van der Waals surface area contributed by atoms with Crippen LogP contribution in [-0.4, -0.2) is 36.2 Å². The Hall–Kier alpha value is -2.59. The normalized spacial score (nSPS) is 12.7. The second-order valence-electron chi connectivity index (χ2n) is 5.76. The number of halogens is 3. The van der Waals surface area contributed by atoms with Gasteiger partial charge in [-0.05, 0) is 31.5 Å². The molecule has 2 aromatic rings. The number of amides is 2. The number of likely N-dealkylation sites (N-methyl/N-ethyl adjacent to an activating group) is 1. The Balaban J connectivity index is 2.07. The molecule has 1 unspecified atom stereocenters. The summed E-state index contributed by atoms with van der Waals surface area (Å²) in [5.74, 6) is -1.40. The van der Waals surface area contributed by atoms with E-state index in [1.54, 1.807) is 30.3 Å². The highest BCUT2D eigenvalue weighted by atomic mass is 32.1. The van der Waals surface area contributed by atoms with E-state index >= 15 is 0 Å². The van der Waals surface area contributed by atoms with Gasteiger partial charge in [0.1, 0.15) is 10.8 Å². The molecule has 6 nitrogen and oxygen atoms in total. The van der Waals surface area contributed by atoms with E-state index in [-0.39, 0.29) is 23.4 Å². The van der Waals surface area contributed by atoms with E-state index < -0.39 is 24.2 Å². The monoisotopic (exact) mass is 401 g/mol. The lowest BCUT2D eigenvalue weighted by atomic mass is 10.1. The van der Waals surface area contributed by atoms with Gasteiger partial charge in [0.15, 0.2) is 0 Å². The van der Waals surface area contributed by atoms with Crippen LogP contribution in [0.15, 0.2) is 35.7 Å². The number of hydrogen-bond donors (Lipinski definition) is 2. The van der Waals surface area contributed by atoms with Crippen molar-refractivity contribution in [3.63, 3.8) is 0 Å². The molecule has 0 spiro atoms. The number of nitrogens with two attached hydrogens (primary N) is 1. The van der Waals surface area contributed by atoms with Crippen molar-refractivity contribution >= 4 is 28.2 Å². The Bertz CT molecular complexity index is 823. The third-order valence-corrected chi connectivity index (χ3v) is 4.66. The van der Waals surface area contributed by atoms with Crippen LogP contribution in [0, 0.1) is 0 Å². The standard InChI is InChI=1S/C17H18F3N3O3S/c1-10(15(25)22-16-12(14(21)24)7-8-27-16)23(2)9-11-5-3-4-6-13(11)26-17(18,19)20/h3-8,10H,9H2,1-2H3,(H2,21,24)(H,22,25). The Kier molecular flexibility index (Phi) is 6.45. The maximum absolute atomic E-state index is 12.5. The van der Waals surface area contributed by atoms with Gasteiger partial charge in [0, 0.05) is 12.1 Å². The Labute approximate surface area is 157 Å². The highest BCUT2D eigenvalue weighted by molar-refractivity contribution is 7.14. The molecule has 1 heterocycles. The van der Waals surface area contributed by atoms with Crippen molar-refractivity contribution in [3.8, 4) is 5.75 Å². The minimum atomic E-state index is -4.80. The number of benzene rings is 1. The zero-order valence-electron chi connectivity index (χ0n) is 14.5. The average molecular weight is 401 g/mol. The lowest BCUT2D eigenvalue weighted by molar-refractivity contribution is -0.275. The van der Waals surface area contributed by atoms with Crippen molar-refractivity contribution in [1.29, 1.82) is 0 Å². The summed E-state index contributed by atoms with van der Waals surface area (Å²) in [5, 5.41) is 4.56. The molecule has 0 saturated heterocycles. The van der Waals surface area contributed by atoms with Gasteiger partial charge in [-0.15, -0.1) is 24.5 Å². The van der Waals surface area contributed by atoms with E-state index in [0.717, 1.165) is 11.3 Å². The summed E-state index contributed by atoms with van der Waals surface area (Å²) in [7, 11) is 1.60. The number of primary amides is 1. The molecule has 146 valence electrons. The number of para-hydroxylation sites is 1. The molecule has 0 radical (unpaired) electrons. The summed E-state index contributed by atoms with van der Waals surface area (Å²) in [6.07, 6.45) is -4.80. The molecule has 1 aromatic carbocycles. The number of anilines is 1. The van der Waals surface area contributed by atoms with Gasteiger partial charge in [0.25, 0.3) is 5.91 Å². The van der Waals surface area contributed by atoms with Crippen LogP contribution in [0.25, 0.3) is 0 Å². The number of carbonyl (C=O) groups is 2. The van der Waals surface area contributed by atoms with Gasteiger partial charge in [-0.3, -0.25) is 14.5 Å². The van der Waals surface area contributed by atoms with Crippen LogP contribution in [0.3, 0.4) is 0 Å². The Morgan fingerprint density at radius 3 is 2.59 bits per heavy atom. The largest absolute Gasteiger partial charge is 0.573 e. The molecule has 1 aromatic heterocycles. The lowest BCUT2D eigenvalue weighted by Gasteiger charge is -2.25. The van der Waals surface area contributed by atoms with Crippen molar-refractivity contribution < 1.29 is 27.5 Å². The first-order valence-electron chi connectivity index (χ1n) is 7.80. The maximum Gasteiger partial charge on any atom is 0.573 e. The summed E-state index contributed by atoms with van der Waals surface area (Å²) >= 11 is 1.15. The number of carbonyl (C=O) groups excluding carboxylic acids is 2.